The average Bonchev–Trinajstić information content (AvgIpc) is 3.23. The molecule has 4 heterocycles. The maximum Gasteiger partial charge on any atom is 0.198 e. The van der Waals surface area contributed by atoms with Crippen molar-refractivity contribution in [2.24, 2.45) is 10.4 Å². The standard InChI is InChI=1S/C24H25F2N3O5/c1-23(10-30)9-29-19(33-11-23)7-14-5-16(25)21(17(26)6-14)34-18-3-4-27-22-20(18)15(8-28-22)24(31-2)12-32-13-24/h3-6,8,30H,7,9-13H2,1-2H3,(H,27,28). The van der Waals surface area contributed by atoms with Crippen LogP contribution in [0.1, 0.15) is 18.1 Å². The number of fused-ring (bicyclic) bond motifs is 1. The van der Waals surface area contributed by atoms with E-state index in [2.05, 4.69) is 15.0 Å². The summed E-state index contributed by atoms with van der Waals surface area (Å²) in [5, 5.41) is 9.99. The van der Waals surface area contributed by atoms with Gasteiger partial charge in [-0.3, -0.25) is 4.99 Å². The molecule has 1 unspecified atom stereocenters. The molecule has 1 atom stereocenters. The lowest BCUT2D eigenvalue weighted by molar-refractivity contribution is -0.201. The van der Waals surface area contributed by atoms with Crippen molar-refractivity contribution in [2.75, 3.05) is 40.1 Å². The SMILES string of the molecule is COC1(c2c[nH]c3nccc(Oc4c(F)cc(CC5=NCC(C)(CO)CO5)cc4F)c23)COC1. The maximum atomic E-state index is 15.0. The number of aliphatic hydroxyl groups excluding tert-OH is 1. The quantitative estimate of drug-likeness (QED) is 0.545. The van der Waals surface area contributed by atoms with Gasteiger partial charge in [0.05, 0.1) is 38.4 Å². The lowest BCUT2D eigenvalue weighted by Gasteiger charge is -2.39. The summed E-state index contributed by atoms with van der Waals surface area (Å²) in [5.41, 5.74) is 0.501. The Bertz CT molecular complexity index is 1230. The number of aromatic nitrogens is 2. The number of H-pyrrole nitrogens is 1. The number of hydrogen-bond acceptors (Lipinski definition) is 7. The Kier molecular flexibility index (Phi) is 5.75. The number of pyridine rings is 1. The molecule has 0 saturated carbocycles. The van der Waals surface area contributed by atoms with Gasteiger partial charge in [0.2, 0.25) is 0 Å². The Morgan fingerprint density at radius 3 is 2.56 bits per heavy atom. The molecule has 5 rings (SSSR count). The highest BCUT2D eigenvalue weighted by Gasteiger charge is 2.43. The molecule has 1 fully saturated rings. The van der Waals surface area contributed by atoms with Crippen LogP contribution in [0.5, 0.6) is 11.5 Å². The molecule has 0 aliphatic carbocycles. The van der Waals surface area contributed by atoms with Crippen LogP contribution in [-0.4, -0.2) is 61.1 Å². The van der Waals surface area contributed by atoms with E-state index in [1.165, 1.54) is 18.3 Å². The summed E-state index contributed by atoms with van der Waals surface area (Å²) in [6, 6.07) is 3.96. The second kappa shape index (κ2) is 8.61. The highest BCUT2D eigenvalue weighted by atomic mass is 19.1. The van der Waals surface area contributed by atoms with Gasteiger partial charge in [-0.2, -0.15) is 0 Å². The van der Waals surface area contributed by atoms with Crippen molar-refractivity contribution in [3.63, 3.8) is 0 Å². The maximum absolute atomic E-state index is 15.0. The van der Waals surface area contributed by atoms with Gasteiger partial charge in [0.25, 0.3) is 0 Å². The summed E-state index contributed by atoms with van der Waals surface area (Å²) >= 11 is 0. The first-order chi connectivity index (χ1) is 16.4. The van der Waals surface area contributed by atoms with Crippen LogP contribution in [-0.2, 0) is 26.2 Å². The fourth-order valence-corrected chi connectivity index (χ4v) is 4.07. The van der Waals surface area contributed by atoms with Gasteiger partial charge in [0.15, 0.2) is 23.3 Å². The minimum Gasteiger partial charge on any atom is -0.480 e. The first-order valence-corrected chi connectivity index (χ1v) is 10.9. The largest absolute Gasteiger partial charge is 0.480 e. The van der Waals surface area contributed by atoms with E-state index in [-0.39, 0.29) is 18.8 Å². The van der Waals surface area contributed by atoms with E-state index in [1.807, 2.05) is 6.92 Å². The van der Waals surface area contributed by atoms with Crippen LogP contribution in [0.25, 0.3) is 11.0 Å². The number of benzene rings is 1. The summed E-state index contributed by atoms with van der Waals surface area (Å²) in [5.74, 6) is -1.58. The number of nitrogens with one attached hydrogen (secondary N) is 1. The topological polar surface area (TPSA) is 98.2 Å². The van der Waals surface area contributed by atoms with Gasteiger partial charge in [-0.05, 0) is 23.8 Å². The van der Waals surface area contributed by atoms with Crippen LogP contribution in [0, 0.1) is 17.0 Å². The molecule has 10 heteroatoms. The molecule has 2 aromatic heterocycles. The lowest BCUT2D eigenvalue weighted by atomic mass is 9.91. The van der Waals surface area contributed by atoms with E-state index >= 15 is 0 Å². The second-order valence-corrected chi connectivity index (χ2v) is 9.06. The van der Waals surface area contributed by atoms with Crippen LogP contribution < -0.4 is 4.74 Å². The summed E-state index contributed by atoms with van der Waals surface area (Å²) in [6.45, 7) is 3.19. The normalized spacial score (nSPS) is 21.6. The molecule has 1 saturated heterocycles. The van der Waals surface area contributed by atoms with Gasteiger partial charge in [-0.15, -0.1) is 0 Å². The monoisotopic (exact) mass is 473 g/mol. The molecule has 0 spiro atoms. The van der Waals surface area contributed by atoms with Crippen LogP contribution in [0.15, 0.2) is 35.6 Å². The molecular formula is C24H25F2N3O5. The molecule has 2 aliphatic heterocycles. The molecule has 8 nitrogen and oxygen atoms in total. The van der Waals surface area contributed by atoms with Crippen molar-refractivity contribution >= 4 is 16.9 Å². The number of aliphatic imine (C=N–C) groups is 1. The molecule has 0 radical (unpaired) electrons. The molecule has 2 aliphatic rings. The first kappa shape index (κ1) is 22.7. The van der Waals surface area contributed by atoms with Crippen molar-refractivity contribution in [3.8, 4) is 11.5 Å². The summed E-state index contributed by atoms with van der Waals surface area (Å²) in [4.78, 5) is 11.7. The van der Waals surface area contributed by atoms with E-state index < -0.39 is 28.4 Å². The number of methoxy groups -OCH3 is 1. The van der Waals surface area contributed by atoms with Crippen LogP contribution in [0.2, 0.25) is 0 Å². The van der Waals surface area contributed by atoms with Gasteiger partial charge >= 0.3 is 0 Å². The second-order valence-electron chi connectivity index (χ2n) is 9.06. The van der Waals surface area contributed by atoms with E-state index in [0.29, 0.717) is 48.9 Å². The zero-order valence-corrected chi connectivity index (χ0v) is 18.9. The molecule has 0 bridgehead atoms. The Morgan fingerprint density at radius 2 is 1.97 bits per heavy atom. The fraction of sp³-hybridized carbons (Fsp3) is 0.417. The number of aromatic amines is 1. The van der Waals surface area contributed by atoms with Crippen molar-refractivity contribution in [1.29, 1.82) is 0 Å². The summed E-state index contributed by atoms with van der Waals surface area (Å²) in [6.07, 6.45) is 3.38. The zero-order valence-electron chi connectivity index (χ0n) is 18.9. The summed E-state index contributed by atoms with van der Waals surface area (Å²) in [7, 11) is 1.58. The zero-order chi connectivity index (χ0) is 23.9. The Labute approximate surface area is 194 Å². The number of rotatable bonds is 7. The Balaban J connectivity index is 1.42. The number of ether oxygens (including phenoxy) is 4. The smallest absolute Gasteiger partial charge is 0.198 e. The van der Waals surface area contributed by atoms with E-state index in [9.17, 15) is 13.9 Å². The highest BCUT2D eigenvalue weighted by molar-refractivity contribution is 5.87. The minimum absolute atomic E-state index is 0.0528. The number of hydrogen-bond donors (Lipinski definition) is 2. The molecule has 1 aromatic carbocycles. The number of aliphatic hydroxyl groups is 1. The molecule has 3 aromatic rings. The van der Waals surface area contributed by atoms with E-state index in [4.69, 9.17) is 18.9 Å². The van der Waals surface area contributed by atoms with E-state index in [1.54, 1.807) is 19.4 Å². The van der Waals surface area contributed by atoms with Gasteiger partial charge in [0.1, 0.15) is 17.0 Å². The Hall–Kier alpha value is -3.08. The average molecular weight is 473 g/mol. The third-order valence-corrected chi connectivity index (χ3v) is 6.32. The molecule has 180 valence electrons. The van der Waals surface area contributed by atoms with Crippen LogP contribution in [0.4, 0.5) is 8.78 Å². The van der Waals surface area contributed by atoms with Gasteiger partial charge in [-0.25, -0.2) is 13.8 Å². The minimum atomic E-state index is -0.845. The van der Waals surface area contributed by atoms with Gasteiger partial charge < -0.3 is 29.0 Å². The predicted octanol–water partition coefficient (Wildman–Crippen LogP) is 3.48. The third kappa shape index (κ3) is 3.91. The Morgan fingerprint density at radius 1 is 1.21 bits per heavy atom. The first-order valence-electron chi connectivity index (χ1n) is 10.9. The highest BCUT2D eigenvalue weighted by Crippen LogP contribution is 2.42. The third-order valence-electron chi connectivity index (χ3n) is 6.32. The molecule has 34 heavy (non-hydrogen) atoms. The predicted molar refractivity (Wildman–Crippen MR) is 119 cm³/mol. The molecule has 2 N–H and O–H groups in total. The van der Waals surface area contributed by atoms with Crippen molar-refractivity contribution in [3.05, 3.63) is 53.4 Å². The summed E-state index contributed by atoms with van der Waals surface area (Å²) < 4.78 is 52.3. The molecule has 0 amide bonds. The van der Waals surface area contributed by atoms with Crippen molar-refractivity contribution in [2.45, 2.75) is 18.9 Å². The molecular weight excluding hydrogens is 448 g/mol. The van der Waals surface area contributed by atoms with E-state index in [0.717, 1.165) is 5.56 Å². The van der Waals surface area contributed by atoms with Gasteiger partial charge in [-0.1, -0.05) is 6.92 Å². The van der Waals surface area contributed by atoms with Gasteiger partial charge in [0, 0.05) is 36.9 Å². The van der Waals surface area contributed by atoms with Crippen LogP contribution >= 0.6 is 0 Å². The van der Waals surface area contributed by atoms with Crippen molar-refractivity contribution in [1.82, 2.24) is 9.97 Å². The van der Waals surface area contributed by atoms with Crippen LogP contribution in [0.3, 0.4) is 0 Å². The number of halogens is 2. The fourth-order valence-electron chi connectivity index (χ4n) is 4.07. The lowest BCUT2D eigenvalue weighted by Crippen LogP contribution is -2.48. The van der Waals surface area contributed by atoms with Crippen molar-refractivity contribution < 1.29 is 32.8 Å². The number of nitrogens with zero attached hydrogens (tertiary/aromatic N) is 2.